The molecule has 1 aliphatic heterocycles. The highest BCUT2D eigenvalue weighted by molar-refractivity contribution is 6.57. The summed E-state index contributed by atoms with van der Waals surface area (Å²) in [6.45, 7) is 3.27. The number of benzene rings is 3. The van der Waals surface area contributed by atoms with Crippen LogP contribution in [-0.2, 0) is 4.46 Å². The number of nitrogens with one attached hydrogen (secondary N) is 1. The quantitative estimate of drug-likeness (QED) is 0.476. The van der Waals surface area contributed by atoms with Gasteiger partial charge in [0.2, 0.25) is 0 Å². The first-order chi connectivity index (χ1) is 15.2. The molecule has 0 bridgehead atoms. The van der Waals surface area contributed by atoms with Crippen LogP contribution in [0.1, 0.15) is 29.3 Å². The van der Waals surface area contributed by atoms with Gasteiger partial charge in [0, 0.05) is 17.0 Å². The molecule has 3 aromatic carbocycles. The molecule has 156 valence electrons. The first-order valence-electron chi connectivity index (χ1n) is 10.4. The summed E-state index contributed by atoms with van der Waals surface area (Å²) in [4.78, 5) is 3.35. The van der Waals surface area contributed by atoms with Crippen LogP contribution in [0, 0.1) is 6.92 Å². The minimum Gasteiger partial charge on any atom is -0.490 e. The van der Waals surface area contributed by atoms with E-state index in [9.17, 15) is 4.46 Å². The van der Waals surface area contributed by atoms with Crippen molar-refractivity contribution in [2.45, 2.75) is 19.4 Å². The molecule has 0 spiro atoms. The molecule has 31 heavy (non-hydrogen) atoms. The average molecular weight is 430 g/mol. The fourth-order valence-electron chi connectivity index (χ4n) is 3.88. The molecule has 2 heterocycles. The summed E-state index contributed by atoms with van der Waals surface area (Å²) in [7, 11) is -2.35. The van der Waals surface area contributed by atoms with Gasteiger partial charge in [0.05, 0.1) is 13.2 Å². The van der Waals surface area contributed by atoms with Crippen molar-refractivity contribution in [1.82, 2.24) is 4.98 Å². The lowest BCUT2D eigenvalue weighted by molar-refractivity contribution is 0.297. The van der Waals surface area contributed by atoms with E-state index < -0.39 is 8.84 Å². The molecule has 1 N–H and O–H groups in total. The van der Waals surface area contributed by atoms with Crippen molar-refractivity contribution < 1.29 is 18.4 Å². The summed E-state index contributed by atoms with van der Waals surface area (Å²) < 4.78 is 31.1. The summed E-state index contributed by atoms with van der Waals surface area (Å²) >= 11 is 0. The summed E-state index contributed by atoms with van der Waals surface area (Å²) in [6, 6.07) is 23.2. The Balaban J connectivity index is 1.51. The SMILES string of the molecule is Cc1ccccc1C(N[Si](=O)c1ccc2c(c1)OCCCO2)c1cc2ccccc2o1. The van der Waals surface area contributed by atoms with Crippen molar-refractivity contribution in [2.75, 3.05) is 13.2 Å². The Kier molecular flexibility index (Phi) is 5.30. The van der Waals surface area contributed by atoms with E-state index in [2.05, 4.69) is 18.0 Å². The predicted molar refractivity (Wildman–Crippen MR) is 120 cm³/mol. The van der Waals surface area contributed by atoms with Gasteiger partial charge in [0.25, 0.3) is 0 Å². The molecule has 6 heteroatoms. The number of fused-ring (bicyclic) bond motifs is 2. The van der Waals surface area contributed by atoms with Gasteiger partial charge in [-0.1, -0.05) is 48.5 Å². The number of furan rings is 1. The maximum atomic E-state index is 13.4. The van der Waals surface area contributed by atoms with Crippen LogP contribution in [-0.4, -0.2) is 22.1 Å². The lowest BCUT2D eigenvalue weighted by atomic mass is 10.00. The Hall–Kier alpha value is -3.38. The molecule has 0 fully saturated rings. The average Bonchev–Trinajstić information content (AvgIpc) is 3.08. The molecule has 1 atom stereocenters. The number of rotatable bonds is 5. The number of aryl methyl sites for hydroxylation is 1. The number of ether oxygens (including phenoxy) is 2. The first-order valence-corrected chi connectivity index (χ1v) is 11.8. The van der Waals surface area contributed by atoms with Crippen LogP contribution in [0.3, 0.4) is 0 Å². The molecule has 0 saturated heterocycles. The van der Waals surface area contributed by atoms with E-state index >= 15 is 0 Å². The molecule has 0 saturated carbocycles. The second-order valence-electron chi connectivity index (χ2n) is 7.66. The topological polar surface area (TPSA) is 60.7 Å². The standard InChI is InChI=1S/C25H23NO4Si/c1-17-7-2-4-9-20(17)25(24-15-18-8-3-5-10-21(18)30-24)26-31(27)19-11-12-22-23(16-19)29-14-6-13-28-22/h2-5,7-12,15-16,25-26H,6,13-14H2,1H3. The largest absolute Gasteiger partial charge is 0.490 e. The lowest BCUT2D eigenvalue weighted by Gasteiger charge is -2.19. The zero-order chi connectivity index (χ0) is 21.2. The smallest absolute Gasteiger partial charge is 0.429 e. The van der Waals surface area contributed by atoms with Gasteiger partial charge in [-0.05, 0) is 42.3 Å². The molecule has 1 aliphatic rings. The monoisotopic (exact) mass is 429 g/mol. The highest BCUT2D eigenvalue weighted by Gasteiger charge is 2.25. The van der Waals surface area contributed by atoms with Crippen molar-refractivity contribution in [3.05, 3.63) is 89.7 Å². The number of para-hydroxylation sites is 1. The molecule has 5 rings (SSSR count). The minimum absolute atomic E-state index is 0.337. The van der Waals surface area contributed by atoms with Gasteiger partial charge in [-0.3, -0.25) is 0 Å². The Morgan fingerprint density at radius 3 is 2.52 bits per heavy atom. The summed E-state index contributed by atoms with van der Waals surface area (Å²) in [5.74, 6) is 2.08. The molecule has 1 unspecified atom stereocenters. The van der Waals surface area contributed by atoms with E-state index in [1.165, 1.54) is 0 Å². The van der Waals surface area contributed by atoms with E-state index in [1.54, 1.807) is 0 Å². The van der Waals surface area contributed by atoms with Gasteiger partial charge in [-0.2, -0.15) is 0 Å². The van der Waals surface area contributed by atoms with Crippen molar-refractivity contribution >= 4 is 25.0 Å². The lowest BCUT2D eigenvalue weighted by Crippen LogP contribution is -2.40. The van der Waals surface area contributed by atoms with Crippen molar-refractivity contribution in [1.29, 1.82) is 0 Å². The van der Waals surface area contributed by atoms with E-state index in [0.717, 1.165) is 34.3 Å². The van der Waals surface area contributed by atoms with Gasteiger partial charge in [0.1, 0.15) is 17.4 Å². The van der Waals surface area contributed by atoms with E-state index in [-0.39, 0.29) is 6.04 Å². The van der Waals surface area contributed by atoms with Crippen LogP contribution < -0.4 is 19.6 Å². The molecular weight excluding hydrogens is 406 g/mol. The van der Waals surface area contributed by atoms with Crippen LogP contribution in [0.25, 0.3) is 11.0 Å². The summed E-state index contributed by atoms with van der Waals surface area (Å²) in [5.41, 5.74) is 2.95. The molecule has 0 radical (unpaired) electrons. The van der Waals surface area contributed by atoms with Gasteiger partial charge in [-0.25, -0.2) is 0 Å². The first kappa shape index (κ1) is 19.6. The van der Waals surface area contributed by atoms with Crippen molar-refractivity contribution in [3.63, 3.8) is 0 Å². The maximum Gasteiger partial charge on any atom is 0.429 e. The van der Waals surface area contributed by atoms with E-state index in [4.69, 9.17) is 13.9 Å². The van der Waals surface area contributed by atoms with Gasteiger partial charge in [0.15, 0.2) is 11.5 Å². The fourth-order valence-corrected chi connectivity index (χ4v) is 5.10. The predicted octanol–water partition coefficient (Wildman–Crippen LogP) is 4.41. The zero-order valence-corrected chi connectivity index (χ0v) is 18.3. The van der Waals surface area contributed by atoms with Crippen LogP contribution in [0.4, 0.5) is 0 Å². The molecule has 0 aliphatic carbocycles. The Morgan fingerprint density at radius 1 is 0.903 bits per heavy atom. The Labute approximate surface area is 182 Å². The van der Waals surface area contributed by atoms with Crippen LogP contribution in [0.15, 0.2) is 77.2 Å². The second-order valence-corrected chi connectivity index (χ2v) is 9.19. The molecule has 4 aromatic rings. The van der Waals surface area contributed by atoms with Gasteiger partial charge < -0.3 is 23.3 Å². The third-order valence-corrected chi connectivity index (χ3v) is 6.90. The highest BCUT2D eigenvalue weighted by Crippen LogP contribution is 2.31. The second kappa shape index (κ2) is 8.39. The fraction of sp³-hybridized carbons (Fsp3) is 0.200. The van der Waals surface area contributed by atoms with Crippen molar-refractivity contribution in [2.24, 2.45) is 0 Å². The number of hydrogen-bond donors (Lipinski definition) is 1. The Bertz CT molecular complexity index is 1220. The van der Waals surface area contributed by atoms with Crippen molar-refractivity contribution in [3.8, 4) is 11.5 Å². The highest BCUT2D eigenvalue weighted by atomic mass is 28.3. The third kappa shape index (κ3) is 3.99. The summed E-state index contributed by atoms with van der Waals surface area (Å²) in [6.07, 6.45) is 0.832. The maximum absolute atomic E-state index is 13.4. The normalized spacial score (nSPS) is 14.1. The van der Waals surface area contributed by atoms with Crippen LogP contribution in [0.5, 0.6) is 11.5 Å². The van der Waals surface area contributed by atoms with E-state index in [1.807, 2.05) is 66.7 Å². The molecular formula is C25H23NO4Si. The van der Waals surface area contributed by atoms with Gasteiger partial charge in [-0.15, -0.1) is 0 Å². The van der Waals surface area contributed by atoms with E-state index in [0.29, 0.717) is 29.9 Å². The summed E-state index contributed by atoms with van der Waals surface area (Å²) in [5, 5.41) is 1.72. The third-order valence-electron chi connectivity index (χ3n) is 5.51. The minimum atomic E-state index is -2.35. The van der Waals surface area contributed by atoms with Gasteiger partial charge >= 0.3 is 8.84 Å². The van der Waals surface area contributed by atoms with Crippen LogP contribution in [0.2, 0.25) is 0 Å². The molecule has 1 aromatic heterocycles. The molecule has 5 nitrogen and oxygen atoms in total. The molecule has 0 amide bonds. The number of hydrogen-bond acceptors (Lipinski definition) is 4. The zero-order valence-electron chi connectivity index (χ0n) is 17.3. The Morgan fingerprint density at radius 2 is 1.68 bits per heavy atom. The van der Waals surface area contributed by atoms with Crippen LogP contribution >= 0.6 is 0 Å².